The fourth-order valence-corrected chi connectivity index (χ4v) is 4.11. The average Bonchev–Trinajstić information content (AvgIpc) is 2.92. The number of nitrogens with zero attached hydrogens (tertiary/aromatic N) is 2. The quantitative estimate of drug-likeness (QED) is 0.275. The Morgan fingerprint density at radius 3 is 2.05 bits per heavy atom. The minimum Gasteiger partial charge on any atom is -0.500 e. The van der Waals surface area contributed by atoms with E-state index in [0.717, 1.165) is 11.6 Å². The molecule has 1 heterocycles. The normalized spacial score (nSPS) is 13.2. The first-order valence-electron chi connectivity index (χ1n) is 11.4. The van der Waals surface area contributed by atoms with Crippen molar-refractivity contribution in [1.29, 1.82) is 0 Å². The molecule has 0 saturated carbocycles. The molecule has 0 saturated heterocycles. The minimum absolute atomic E-state index is 0.0123. The molecule has 0 spiro atoms. The van der Waals surface area contributed by atoms with Crippen LogP contribution in [0.3, 0.4) is 0 Å². The van der Waals surface area contributed by atoms with E-state index in [1.54, 1.807) is 30.0 Å². The Balaban J connectivity index is 2.17. The maximum Gasteiger partial charge on any atom is 0.336 e. The molecule has 2 aromatic carbocycles. The number of methoxy groups -OCH3 is 4. The summed E-state index contributed by atoms with van der Waals surface area (Å²) in [4.78, 5) is 38.3. The van der Waals surface area contributed by atoms with Crippen LogP contribution >= 0.6 is 0 Å². The summed E-state index contributed by atoms with van der Waals surface area (Å²) in [5.74, 6) is -2.46. The Bertz CT molecular complexity index is 1270. The molecule has 0 fully saturated rings. The minimum atomic E-state index is -1.12. The molecular weight excluding hydrogens is 500 g/mol. The van der Waals surface area contributed by atoms with E-state index in [9.17, 15) is 24.8 Å². The van der Waals surface area contributed by atoms with Crippen LogP contribution in [0.2, 0.25) is 0 Å². The van der Waals surface area contributed by atoms with Crippen molar-refractivity contribution in [3.63, 3.8) is 0 Å². The number of nitro benzene ring substituents is 1. The summed E-state index contributed by atoms with van der Waals surface area (Å²) < 4.78 is 26.0. The van der Waals surface area contributed by atoms with Crippen LogP contribution in [0.15, 0.2) is 53.9 Å². The van der Waals surface area contributed by atoms with Gasteiger partial charge in [-0.3, -0.25) is 10.1 Å². The van der Waals surface area contributed by atoms with Crippen molar-refractivity contribution < 1.29 is 43.3 Å². The smallest absolute Gasteiger partial charge is 0.336 e. The molecule has 3 rings (SSSR count). The van der Waals surface area contributed by atoms with Crippen LogP contribution in [0.4, 0.5) is 5.69 Å². The third kappa shape index (κ3) is 5.64. The highest BCUT2D eigenvalue weighted by Gasteiger charge is 2.37. The summed E-state index contributed by atoms with van der Waals surface area (Å²) >= 11 is 0. The van der Waals surface area contributed by atoms with Crippen molar-refractivity contribution in [2.45, 2.75) is 19.4 Å². The summed E-state index contributed by atoms with van der Waals surface area (Å²) in [6.45, 7) is 1.97. The number of ether oxygens (including phenoxy) is 5. The van der Waals surface area contributed by atoms with E-state index < -0.39 is 34.2 Å². The summed E-state index contributed by atoms with van der Waals surface area (Å²) in [5.41, 5.74) is 0.293. The SMILES string of the molecule is CCOc1cc(C2C(C(=O)OC)=CN(Cc3ccc(OC)c(OC)c3)C=C2C(=O)OC)cc([N+](=O)[O-])c1O. The van der Waals surface area contributed by atoms with Crippen LogP contribution < -0.4 is 14.2 Å². The molecule has 1 aliphatic heterocycles. The molecule has 0 aromatic heterocycles. The molecule has 202 valence electrons. The van der Waals surface area contributed by atoms with Gasteiger partial charge in [0, 0.05) is 25.0 Å². The number of esters is 2. The first-order chi connectivity index (χ1) is 18.2. The van der Waals surface area contributed by atoms with E-state index in [2.05, 4.69) is 0 Å². The van der Waals surface area contributed by atoms with Crippen LogP contribution in [0.1, 0.15) is 24.0 Å². The monoisotopic (exact) mass is 528 g/mol. The largest absolute Gasteiger partial charge is 0.500 e. The van der Waals surface area contributed by atoms with Gasteiger partial charge < -0.3 is 33.7 Å². The van der Waals surface area contributed by atoms with Gasteiger partial charge in [-0.15, -0.1) is 0 Å². The molecule has 0 unspecified atom stereocenters. The number of benzene rings is 2. The molecule has 0 bridgehead atoms. The lowest BCUT2D eigenvalue weighted by Gasteiger charge is -2.30. The maximum absolute atomic E-state index is 12.9. The van der Waals surface area contributed by atoms with Gasteiger partial charge in [0.25, 0.3) is 0 Å². The van der Waals surface area contributed by atoms with E-state index >= 15 is 0 Å². The van der Waals surface area contributed by atoms with Crippen molar-refractivity contribution in [1.82, 2.24) is 4.90 Å². The zero-order valence-electron chi connectivity index (χ0n) is 21.5. The molecular formula is C26H28N2O10. The molecule has 0 amide bonds. The van der Waals surface area contributed by atoms with Gasteiger partial charge in [0.1, 0.15) is 0 Å². The van der Waals surface area contributed by atoms with Crippen molar-refractivity contribution in [3.8, 4) is 23.0 Å². The summed E-state index contributed by atoms with van der Waals surface area (Å²) in [7, 11) is 5.38. The molecule has 0 radical (unpaired) electrons. The number of phenolic OH excluding ortho intramolecular Hbond substituents is 1. The maximum atomic E-state index is 12.9. The standard InChI is InChI=1S/C26H28N2O10/c1-6-38-22-11-16(10-19(24(22)29)28(32)33)23-17(25(30)36-4)13-27(14-18(23)26(31)37-5)12-15-7-8-20(34-2)21(9-15)35-3/h7-11,13-14,23,29H,6,12H2,1-5H3. The highest BCUT2D eigenvalue weighted by atomic mass is 16.6. The molecule has 0 aliphatic carbocycles. The Morgan fingerprint density at radius 1 is 0.947 bits per heavy atom. The molecule has 12 heteroatoms. The van der Waals surface area contributed by atoms with Gasteiger partial charge in [-0.05, 0) is 36.2 Å². The van der Waals surface area contributed by atoms with Crippen molar-refractivity contribution >= 4 is 17.6 Å². The summed E-state index contributed by atoms with van der Waals surface area (Å²) in [6.07, 6.45) is 2.97. The van der Waals surface area contributed by atoms with Crippen molar-refractivity contribution in [2.24, 2.45) is 0 Å². The number of aromatic hydroxyl groups is 1. The fraction of sp³-hybridized carbons (Fsp3) is 0.308. The molecule has 12 nitrogen and oxygen atoms in total. The highest BCUT2D eigenvalue weighted by molar-refractivity contribution is 5.98. The number of hydrogen-bond acceptors (Lipinski definition) is 11. The Labute approximate surface area is 218 Å². The molecule has 1 aliphatic rings. The average molecular weight is 529 g/mol. The van der Waals surface area contributed by atoms with E-state index in [4.69, 9.17) is 23.7 Å². The molecule has 38 heavy (non-hydrogen) atoms. The van der Waals surface area contributed by atoms with Crippen LogP contribution in [0, 0.1) is 10.1 Å². The lowest BCUT2D eigenvalue weighted by Crippen LogP contribution is -2.28. The predicted octanol–water partition coefficient (Wildman–Crippen LogP) is 3.43. The first kappa shape index (κ1) is 27.8. The Kier molecular flexibility index (Phi) is 8.79. The van der Waals surface area contributed by atoms with Crippen LogP contribution in [-0.4, -0.2) is 61.9 Å². The van der Waals surface area contributed by atoms with Gasteiger partial charge in [0.05, 0.1) is 57.0 Å². The van der Waals surface area contributed by atoms with Gasteiger partial charge in [0.15, 0.2) is 17.2 Å². The highest BCUT2D eigenvalue weighted by Crippen LogP contribution is 2.44. The zero-order valence-corrected chi connectivity index (χ0v) is 21.5. The van der Waals surface area contributed by atoms with E-state index in [0.29, 0.717) is 11.5 Å². The van der Waals surface area contributed by atoms with E-state index in [1.807, 2.05) is 0 Å². The predicted molar refractivity (Wildman–Crippen MR) is 134 cm³/mol. The molecule has 2 aromatic rings. The molecule has 0 atom stereocenters. The molecule has 1 N–H and O–H groups in total. The summed E-state index contributed by atoms with van der Waals surface area (Å²) in [6, 6.07) is 7.69. The van der Waals surface area contributed by atoms with Crippen molar-refractivity contribution in [2.75, 3.05) is 35.0 Å². The third-order valence-corrected chi connectivity index (χ3v) is 5.79. The van der Waals surface area contributed by atoms with E-state index in [-0.39, 0.29) is 35.6 Å². The van der Waals surface area contributed by atoms with E-state index in [1.165, 1.54) is 46.9 Å². The van der Waals surface area contributed by atoms with Gasteiger partial charge in [-0.2, -0.15) is 0 Å². The van der Waals surface area contributed by atoms with Gasteiger partial charge >= 0.3 is 17.6 Å². The van der Waals surface area contributed by atoms with Gasteiger partial charge in [-0.25, -0.2) is 9.59 Å². The second-order valence-electron chi connectivity index (χ2n) is 8.02. The fourth-order valence-electron chi connectivity index (χ4n) is 4.11. The number of phenols is 1. The van der Waals surface area contributed by atoms with Crippen LogP contribution in [0.5, 0.6) is 23.0 Å². The number of hydrogen-bond donors (Lipinski definition) is 1. The lowest BCUT2D eigenvalue weighted by molar-refractivity contribution is -0.386. The number of carbonyl (C=O) groups is 2. The van der Waals surface area contributed by atoms with Gasteiger partial charge in [0.2, 0.25) is 5.75 Å². The number of rotatable bonds is 10. The first-order valence-corrected chi connectivity index (χ1v) is 11.4. The van der Waals surface area contributed by atoms with Crippen LogP contribution in [0.25, 0.3) is 0 Å². The van der Waals surface area contributed by atoms with Gasteiger partial charge in [-0.1, -0.05) is 6.07 Å². The summed E-state index contributed by atoms with van der Waals surface area (Å²) in [5, 5.41) is 22.0. The third-order valence-electron chi connectivity index (χ3n) is 5.79. The lowest BCUT2D eigenvalue weighted by atomic mass is 9.82. The number of nitro groups is 1. The zero-order chi connectivity index (χ0) is 28.0. The van der Waals surface area contributed by atoms with Crippen molar-refractivity contribution in [3.05, 3.63) is 75.1 Å². The van der Waals surface area contributed by atoms with Crippen LogP contribution in [-0.2, 0) is 25.6 Å². The second kappa shape index (κ2) is 12.0. The Morgan fingerprint density at radius 2 is 1.55 bits per heavy atom. The topological polar surface area (TPSA) is 147 Å². The number of carbonyl (C=O) groups excluding carboxylic acids is 2. The Hall–Kier alpha value is -4.74. The second-order valence-corrected chi connectivity index (χ2v) is 8.02.